The summed E-state index contributed by atoms with van der Waals surface area (Å²) in [6.07, 6.45) is 2.67. The number of hydrogen-bond acceptors (Lipinski definition) is 3. The van der Waals surface area contributed by atoms with Gasteiger partial charge in [-0.15, -0.1) is 0 Å². The Morgan fingerprint density at radius 3 is 2.72 bits per heavy atom. The molecule has 0 unspecified atom stereocenters. The molecule has 0 spiro atoms. The second-order valence-electron chi connectivity index (χ2n) is 4.63. The summed E-state index contributed by atoms with van der Waals surface area (Å²) in [5, 5.41) is 11.4. The second-order valence-corrected chi connectivity index (χ2v) is 4.63. The summed E-state index contributed by atoms with van der Waals surface area (Å²) in [6.45, 7) is 0.279. The zero-order valence-electron chi connectivity index (χ0n) is 10.2. The number of carbonyl (C=O) groups is 1. The number of nitrogens with one attached hydrogen (secondary N) is 1. The average molecular weight is 244 g/mol. The summed E-state index contributed by atoms with van der Waals surface area (Å²) in [4.78, 5) is 11.6. The van der Waals surface area contributed by atoms with Crippen molar-refractivity contribution in [2.45, 2.75) is 37.8 Å². The van der Waals surface area contributed by atoms with Gasteiger partial charge in [-0.1, -0.05) is 30.3 Å². The van der Waals surface area contributed by atoms with Crippen LogP contribution in [0.3, 0.4) is 0 Å². The molecule has 0 radical (unpaired) electrons. The molecule has 1 aromatic rings. The lowest BCUT2D eigenvalue weighted by Gasteiger charge is -2.15. The van der Waals surface area contributed by atoms with Crippen molar-refractivity contribution in [3.63, 3.8) is 0 Å². The van der Waals surface area contributed by atoms with Crippen LogP contribution in [0.4, 0.5) is 4.79 Å². The summed E-state index contributed by atoms with van der Waals surface area (Å²) in [7, 11) is 0. The molecule has 0 heterocycles. The molecule has 1 fully saturated rings. The number of nitriles is 1. The van der Waals surface area contributed by atoms with Crippen LogP contribution < -0.4 is 5.32 Å². The molecule has 18 heavy (non-hydrogen) atoms. The van der Waals surface area contributed by atoms with Gasteiger partial charge in [-0.3, -0.25) is 0 Å². The number of benzene rings is 1. The lowest BCUT2D eigenvalue weighted by Crippen LogP contribution is -2.37. The Kier molecular flexibility index (Phi) is 3.83. The van der Waals surface area contributed by atoms with Crippen LogP contribution in [0, 0.1) is 11.3 Å². The third-order valence-electron chi connectivity index (χ3n) is 3.15. The molecule has 1 saturated carbocycles. The molecule has 0 aliphatic heterocycles. The number of ether oxygens (including phenoxy) is 1. The molecule has 2 rings (SSSR count). The minimum Gasteiger partial charge on any atom is -0.445 e. The van der Waals surface area contributed by atoms with Gasteiger partial charge in [0.25, 0.3) is 0 Å². The Hall–Kier alpha value is -2.02. The van der Waals surface area contributed by atoms with Gasteiger partial charge in [0, 0.05) is 12.0 Å². The molecular weight excluding hydrogens is 228 g/mol. The molecule has 1 aliphatic rings. The van der Waals surface area contributed by atoms with Crippen LogP contribution in [-0.2, 0) is 11.3 Å². The van der Waals surface area contributed by atoms with Crippen molar-refractivity contribution in [1.29, 1.82) is 5.26 Å². The van der Waals surface area contributed by atoms with Crippen LogP contribution in [0.1, 0.15) is 31.2 Å². The SMILES string of the molecule is N#CCCC1(NC(=O)OCc2ccccc2)CC1. The van der Waals surface area contributed by atoms with Gasteiger partial charge in [0.05, 0.1) is 6.07 Å². The van der Waals surface area contributed by atoms with Crippen molar-refractivity contribution in [1.82, 2.24) is 5.32 Å². The number of rotatable bonds is 5. The van der Waals surface area contributed by atoms with Gasteiger partial charge in [0.15, 0.2) is 0 Å². The maximum absolute atomic E-state index is 11.6. The monoisotopic (exact) mass is 244 g/mol. The number of amides is 1. The van der Waals surface area contributed by atoms with E-state index in [1.54, 1.807) is 0 Å². The van der Waals surface area contributed by atoms with Crippen LogP contribution >= 0.6 is 0 Å². The summed E-state index contributed by atoms with van der Waals surface area (Å²) in [5.74, 6) is 0. The quantitative estimate of drug-likeness (QED) is 0.866. The third kappa shape index (κ3) is 3.49. The Morgan fingerprint density at radius 2 is 2.11 bits per heavy atom. The largest absolute Gasteiger partial charge is 0.445 e. The first-order valence-electron chi connectivity index (χ1n) is 6.10. The van der Waals surface area contributed by atoms with Crippen molar-refractivity contribution < 1.29 is 9.53 Å². The molecule has 1 aliphatic carbocycles. The smallest absolute Gasteiger partial charge is 0.407 e. The van der Waals surface area contributed by atoms with Gasteiger partial charge < -0.3 is 10.1 Å². The molecule has 0 atom stereocenters. The van der Waals surface area contributed by atoms with E-state index in [9.17, 15) is 4.79 Å². The fourth-order valence-corrected chi connectivity index (χ4v) is 1.86. The number of carbonyl (C=O) groups excluding carboxylic acids is 1. The summed E-state index contributed by atoms with van der Waals surface area (Å²) in [6, 6.07) is 11.7. The highest BCUT2D eigenvalue weighted by molar-refractivity contribution is 5.69. The van der Waals surface area contributed by atoms with E-state index in [1.165, 1.54) is 0 Å². The minimum absolute atomic E-state index is 0.177. The first-order chi connectivity index (χ1) is 8.74. The Labute approximate surface area is 107 Å². The van der Waals surface area contributed by atoms with Crippen LogP contribution in [0.2, 0.25) is 0 Å². The van der Waals surface area contributed by atoms with E-state index in [4.69, 9.17) is 10.00 Å². The first-order valence-corrected chi connectivity index (χ1v) is 6.10. The second kappa shape index (κ2) is 5.54. The summed E-state index contributed by atoms with van der Waals surface area (Å²) < 4.78 is 5.15. The van der Waals surface area contributed by atoms with Crippen molar-refractivity contribution in [2.75, 3.05) is 0 Å². The third-order valence-corrected chi connectivity index (χ3v) is 3.15. The first kappa shape index (κ1) is 12.4. The zero-order chi connectivity index (χ0) is 12.8. The highest BCUT2D eigenvalue weighted by Crippen LogP contribution is 2.39. The van der Waals surface area contributed by atoms with Gasteiger partial charge >= 0.3 is 6.09 Å². The van der Waals surface area contributed by atoms with E-state index < -0.39 is 6.09 Å². The normalized spacial score (nSPS) is 15.5. The predicted molar refractivity (Wildman–Crippen MR) is 66.6 cm³/mol. The summed E-state index contributed by atoms with van der Waals surface area (Å²) >= 11 is 0. The maximum Gasteiger partial charge on any atom is 0.407 e. The molecule has 1 N–H and O–H groups in total. The molecule has 0 bridgehead atoms. The Morgan fingerprint density at radius 1 is 1.39 bits per heavy atom. The molecule has 1 amide bonds. The molecule has 94 valence electrons. The lowest BCUT2D eigenvalue weighted by molar-refractivity contribution is 0.133. The van der Waals surface area contributed by atoms with Crippen molar-refractivity contribution in [3.8, 4) is 6.07 Å². The highest BCUT2D eigenvalue weighted by atomic mass is 16.5. The van der Waals surface area contributed by atoms with Crippen LogP contribution in [-0.4, -0.2) is 11.6 Å². The average Bonchev–Trinajstić information content (AvgIpc) is 3.15. The molecule has 0 aromatic heterocycles. The van der Waals surface area contributed by atoms with Crippen LogP contribution in [0.15, 0.2) is 30.3 Å². The van der Waals surface area contributed by atoms with Gasteiger partial charge in [0.2, 0.25) is 0 Å². The molecule has 0 saturated heterocycles. The Balaban J connectivity index is 1.74. The standard InChI is InChI=1S/C14H16N2O2/c15-10-4-7-14(8-9-14)16-13(17)18-11-12-5-2-1-3-6-12/h1-3,5-6H,4,7-9,11H2,(H,16,17). The minimum atomic E-state index is -0.394. The van der Waals surface area contributed by atoms with Crippen molar-refractivity contribution >= 4 is 6.09 Å². The van der Waals surface area contributed by atoms with Crippen molar-refractivity contribution in [3.05, 3.63) is 35.9 Å². The van der Waals surface area contributed by atoms with Gasteiger partial charge in [-0.2, -0.15) is 5.26 Å². The van der Waals surface area contributed by atoms with E-state index in [0.717, 1.165) is 18.4 Å². The van der Waals surface area contributed by atoms with Gasteiger partial charge in [-0.25, -0.2) is 4.79 Å². The lowest BCUT2D eigenvalue weighted by atomic mass is 10.1. The maximum atomic E-state index is 11.6. The zero-order valence-corrected chi connectivity index (χ0v) is 10.2. The fourth-order valence-electron chi connectivity index (χ4n) is 1.86. The molecule has 1 aromatic carbocycles. The van der Waals surface area contributed by atoms with Crippen molar-refractivity contribution in [2.24, 2.45) is 0 Å². The summed E-state index contributed by atoms with van der Waals surface area (Å²) in [5.41, 5.74) is 0.790. The van der Waals surface area contributed by atoms with E-state index in [2.05, 4.69) is 11.4 Å². The van der Waals surface area contributed by atoms with E-state index in [0.29, 0.717) is 12.8 Å². The molecule has 4 heteroatoms. The number of alkyl carbamates (subject to hydrolysis) is 1. The molecule has 4 nitrogen and oxygen atoms in total. The van der Waals surface area contributed by atoms with Gasteiger partial charge in [0.1, 0.15) is 6.61 Å². The fraction of sp³-hybridized carbons (Fsp3) is 0.429. The number of nitrogens with zero attached hydrogens (tertiary/aromatic N) is 1. The van der Waals surface area contributed by atoms with Crippen LogP contribution in [0.5, 0.6) is 0 Å². The predicted octanol–water partition coefficient (Wildman–Crippen LogP) is 2.75. The van der Waals surface area contributed by atoms with Crippen LogP contribution in [0.25, 0.3) is 0 Å². The topological polar surface area (TPSA) is 62.1 Å². The van der Waals surface area contributed by atoms with Gasteiger partial charge in [-0.05, 0) is 24.8 Å². The Bertz CT molecular complexity index is 447. The van der Waals surface area contributed by atoms with E-state index in [1.807, 2.05) is 30.3 Å². The number of hydrogen-bond donors (Lipinski definition) is 1. The van der Waals surface area contributed by atoms with E-state index in [-0.39, 0.29) is 12.1 Å². The highest BCUT2D eigenvalue weighted by Gasteiger charge is 2.43. The molecular formula is C14H16N2O2. The van der Waals surface area contributed by atoms with E-state index >= 15 is 0 Å².